The van der Waals surface area contributed by atoms with E-state index < -0.39 is 0 Å². The van der Waals surface area contributed by atoms with Gasteiger partial charge < -0.3 is 5.11 Å². The lowest BCUT2D eigenvalue weighted by molar-refractivity contribution is 0.187. The van der Waals surface area contributed by atoms with Crippen molar-refractivity contribution in [3.8, 4) is 0 Å². The Morgan fingerprint density at radius 1 is 1.23 bits per heavy atom. The van der Waals surface area contributed by atoms with Gasteiger partial charge in [0.2, 0.25) is 0 Å². The molecule has 1 atom stereocenters. The zero-order valence-corrected chi connectivity index (χ0v) is 7.61. The van der Waals surface area contributed by atoms with E-state index in [2.05, 4.69) is 30.3 Å². The third-order valence-electron chi connectivity index (χ3n) is 2.45. The van der Waals surface area contributed by atoms with E-state index >= 15 is 0 Å². The van der Waals surface area contributed by atoms with Crippen molar-refractivity contribution in [3.63, 3.8) is 0 Å². The van der Waals surface area contributed by atoms with Gasteiger partial charge in [-0.25, -0.2) is 0 Å². The van der Waals surface area contributed by atoms with Crippen LogP contribution in [-0.4, -0.2) is 11.2 Å². The minimum absolute atomic E-state index is 0.126. The summed E-state index contributed by atoms with van der Waals surface area (Å²) in [5.74, 6) is 0. The monoisotopic (exact) mass is 174 g/mol. The molecule has 2 rings (SSSR count). The van der Waals surface area contributed by atoms with E-state index in [1.54, 1.807) is 0 Å². The van der Waals surface area contributed by atoms with Crippen molar-refractivity contribution in [2.75, 3.05) is 0 Å². The molecule has 0 radical (unpaired) electrons. The lowest BCUT2D eigenvalue weighted by atomic mass is 10.0. The molecule has 1 aliphatic carbocycles. The molecular weight excluding hydrogens is 160 g/mol. The summed E-state index contributed by atoms with van der Waals surface area (Å²) < 4.78 is 0. The number of rotatable bonds is 2. The number of aliphatic hydroxyl groups is 1. The number of hydrogen-bond acceptors (Lipinski definition) is 1. The average molecular weight is 174 g/mol. The van der Waals surface area contributed by atoms with Gasteiger partial charge in [0.25, 0.3) is 0 Å². The number of benzene rings is 1. The molecule has 1 aromatic rings. The summed E-state index contributed by atoms with van der Waals surface area (Å²) >= 11 is 0. The fourth-order valence-corrected chi connectivity index (χ4v) is 1.77. The van der Waals surface area contributed by atoms with Gasteiger partial charge in [0.05, 0.1) is 6.10 Å². The van der Waals surface area contributed by atoms with Gasteiger partial charge in [-0.15, -0.1) is 0 Å². The van der Waals surface area contributed by atoms with Crippen molar-refractivity contribution in [1.29, 1.82) is 0 Å². The molecular formula is C12H14O. The van der Waals surface area contributed by atoms with Crippen LogP contribution in [0.15, 0.2) is 42.0 Å². The molecule has 1 aromatic carbocycles. The maximum atomic E-state index is 9.33. The summed E-state index contributed by atoms with van der Waals surface area (Å²) in [5, 5.41) is 9.33. The molecule has 1 heteroatoms. The predicted octanol–water partition coefficient (Wildman–Crippen LogP) is 2.31. The van der Waals surface area contributed by atoms with Crippen LogP contribution >= 0.6 is 0 Å². The van der Waals surface area contributed by atoms with E-state index in [9.17, 15) is 5.11 Å². The predicted molar refractivity (Wildman–Crippen MR) is 53.5 cm³/mol. The first kappa shape index (κ1) is 8.52. The highest BCUT2D eigenvalue weighted by Crippen LogP contribution is 2.21. The summed E-state index contributed by atoms with van der Waals surface area (Å²) in [5.41, 5.74) is 2.71. The van der Waals surface area contributed by atoms with Crippen molar-refractivity contribution in [3.05, 3.63) is 47.5 Å². The molecule has 0 aromatic heterocycles. The first-order valence-electron chi connectivity index (χ1n) is 4.74. The second-order valence-corrected chi connectivity index (χ2v) is 3.62. The Morgan fingerprint density at radius 2 is 2.00 bits per heavy atom. The Bertz CT molecular complexity index is 300. The zero-order valence-electron chi connectivity index (χ0n) is 7.61. The lowest BCUT2D eigenvalue weighted by Crippen LogP contribution is -1.99. The second-order valence-electron chi connectivity index (χ2n) is 3.62. The Balaban J connectivity index is 2.00. The summed E-state index contributed by atoms with van der Waals surface area (Å²) in [4.78, 5) is 0. The first-order chi connectivity index (χ1) is 6.34. The van der Waals surface area contributed by atoms with E-state index in [1.165, 1.54) is 11.1 Å². The molecule has 68 valence electrons. The molecule has 13 heavy (non-hydrogen) atoms. The Labute approximate surface area is 78.7 Å². The van der Waals surface area contributed by atoms with Gasteiger partial charge in [-0.2, -0.15) is 0 Å². The molecule has 1 aliphatic rings. The van der Waals surface area contributed by atoms with Crippen molar-refractivity contribution < 1.29 is 5.11 Å². The number of aliphatic hydroxyl groups excluding tert-OH is 1. The van der Waals surface area contributed by atoms with Crippen LogP contribution in [0.2, 0.25) is 0 Å². The molecule has 1 nitrogen and oxygen atoms in total. The first-order valence-corrected chi connectivity index (χ1v) is 4.74. The molecule has 0 unspecified atom stereocenters. The highest BCUT2D eigenvalue weighted by atomic mass is 16.3. The zero-order chi connectivity index (χ0) is 9.10. The summed E-state index contributed by atoms with van der Waals surface area (Å²) in [7, 11) is 0. The molecule has 0 fully saturated rings. The van der Waals surface area contributed by atoms with E-state index in [-0.39, 0.29) is 6.10 Å². The van der Waals surface area contributed by atoms with Crippen LogP contribution < -0.4 is 0 Å². The Hall–Kier alpha value is -1.08. The minimum atomic E-state index is -0.126. The van der Waals surface area contributed by atoms with Crippen LogP contribution in [0.25, 0.3) is 0 Å². The highest BCUT2D eigenvalue weighted by Gasteiger charge is 2.13. The molecule has 0 heterocycles. The highest BCUT2D eigenvalue weighted by molar-refractivity contribution is 5.24. The van der Waals surface area contributed by atoms with Crippen molar-refractivity contribution in [1.82, 2.24) is 0 Å². The van der Waals surface area contributed by atoms with Crippen LogP contribution in [0, 0.1) is 0 Å². The van der Waals surface area contributed by atoms with Gasteiger partial charge in [0.15, 0.2) is 0 Å². The van der Waals surface area contributed by atoms with Gasteiger partial charge in [-0.05, 0) is 24.8 Å². The lowest BCUT2D eigenvalue weighted by Gasteiger charge is -2.03. The van der Waals surface area contributed by atoms with Gasteiger partial charge in [-0.1, -0.05) is 42.0 Å². The summed E-state index contributed by atoms with van der Waals surface area (Å²) in [6.45, 7) is 0. The maximum Gasteiger partial charge on any atom is 0.0611 e. The SMILES string of the molecule is O[C@H]1CC=C(Cc2ccccc2)C1. The Kier molecular flexibility index (Phi) is 2.46. The van der Waals surface area contributed by atoms with Crippen molar-refractivity contribution in [2.45, 2.75) is 25.4 Å². The standard InChI is InChI=1S/C12H14O/c13-12-7-6-11(9-12)8-10-4-2-1-3-5-10/h1-6,12-13H,7-9H2/t12-/m0/s1. The second kappa shape index (κ2) is 3.75. The van der Waals surface area contributed by atoms with Crippen LogP contribution in [0.4, 0.5) is 0 Å². The van der Waals surface area contributed by atoms with Crippen LogP contribution in [0.3, 0.4) is 0 Å². The molecule has 0 spiro atoms. The normalized spacial score (nSPS) is 21.6. The largest absolute Gasteiger partial charge is 0.392 e. The van der Waals surface area contributed by atoms with Gasteiger partial charge in [0, 0.05) is 0 Å². The van der Waals surface area contributed by atoms with Crippen molar-refractivity contribution >= 4 is 0 Å². The maximum absolute atomic E-state index is 9.33. The number of hydrogen-bond donors (Lipinski definition) is 1. The van der Waals surface area contributed by atoms with Crippen LogP contribution in [0.1, 0.15) is 18.4 Å². The molecule has 0 aliphatic heterocycles. The average Bonchev–Trinajstić information content (AvgIpc) is 2.53. The van der Waals surface area contributed by atoms with E-state index in [0.717, 1.165) is 19.3 Å². The van der Waals surface area contributed by atoms with Crippen LogP contribution in [-0.2, 0) is 6.42 Å². The van der Waals surface area contributed by atoms with Crippen molar-refractivity contribution in [2.24, 2.45) is 0 Å². The van der Waals surface area contributed by atoms with E-state index in [1.807, 2.05) is 6.07 Å². The smallest absolute Gasteiger partial charge is 0.0611 e. The van der Waals surface area contributed by atoms with E-state index in [4.69, 9.17) is 0 Å². The van der Waals surface area contributed by atoms with Gasteiger partial charge in [0.1, 0.15) is 0 Å². The third kappa shape index (κ3) is 2.19. The molecule has 0 saturated heterocycles. The fraction of sp³-hybridized carbons (Fsp3) is 0.333. The summed E-state index contributed by atoms with van der Waals surface area (Å²) in [6, 6.07) is 10.4. The molecule has 0 amide bonds. The minimum Gasteiger partial charge on any atom is -0.392 e. The van der Waals surface area contributed by atoms with Gasteiger partial charge in [-0.3, -0.25) is 0 Å². The fourth-order valence-electron chi connectivity index (χ4n) is 1.77. The van der Waals surface area contributed by atoms with Gasteiger partial charge >= 0.3 is 0 Å². The molecule has 0 saturated carbocycles. The summed E-state index contributed by atoms with van der Waals surface area (Å²) in [6.07, 6.45) is 4.73. The van der Waals surface area contributed by atoms with E-state index in [0.29, 0.717) is 0 Å². The quantitative estimate of drug-likeness (QED) is 0.682. The molecule has 1 N–H and O–H groups in total. The Morgan fingerprint density at radius 3 is 2.62 bits per heavy atom. The van der Waals surface area contributed by atoms with Crippen LogP contribution in [0.5, 0.6) is 0 Å². The topological polar surface area (TPSA) is 20.2 Å². The molecule has 0 bridgehead atoms. The third-order valence-corrected chi connectivity index (χ3v) is 2.45.